The third kappa shape index (κ3) is 5.80. The molecular formula is C26H28ClNO. The van der Waals surface area contributed by atoms with Gasteiger partial charge in [-0.25, -0.2) is 0 Å². The third-order valence-electron chi connectivity index (χ3n) is 5.47. The molecule has 0 spiro atoms. The summed E-state index contributed by atoms with van der Waals surface area (Å²) in [6, 6.07) is 31.8. The Kier molecular flexibility index (Phi) is 8.06. The zero-order chi connectivity index (χ0) is 19.0. The number of benzene rings is 3. The molecule has 0 saturated heterocycles. The maximum atomic E-state index is 6.39. The van der Waals surface area contributed by atoms with Crippen molar-refractivity contribution in [3.63, 3.8) is 0 Å². The molecule has 0 aromatic heterocycles. The molecule has 0 amide bonds. The van der Waals surface area contributed by atoms with Crippen LogP contribution in [0.1, 0.15) is 29.2 Å². The molecule has 1 unspecified atom stereocenters. The van der Waals surface area contributed by atoms with E-state index in [1.54, 1.807) is 4.90 Å². The van der Waals surface area contributed by atoms with Crippen LogP contribution in [0.25, 0.3) is 5.57 Å². The molecule has 1 atom stereocenters. The molecule has 1 heterocycles. The fraction of sp³-hybridized carbons (Fsp3) is 0.231. The Morgan fingerprint density at radius 1 is 0.759 bits per heavy atom. The molecule has 2 nitrogen and oxygen atoms in total. The van der Waals surface area contributed by atoms with Gasteiger partial charge in [0.1, 0.15) is 12.6 Å². The highest BCUT2D eigenvalue weighted by Crippen LogP contribution is 2.25. The smallest absolute Gasteiger partial charge is 0.108 e. The van der Waals surface area contributed by atoms with Gasteiger partial charge in [-0.15, -0.1) is 0 Å². The van der Waals surface area contributed by atoms with E-state index >= 15 is 0 Å². The predicted molar refractivity (Wildman–Crippen MR) is 115 cm³/mol. The van der Waals surface area contributed by atoms with E-state index in [9.17, 15) is 0 Å². The van der Waals surface area contributed by atoms with Crippen LogP contribution in [-0.2, 0) is 4.74 Å². The topological polar surface area (TPSA) is 13.7 Å². The number of hydrogen-bond acceptors (Lipinski definition) is 1. The molecule has 0 fully saturated rings. The first-order valence-electron chi connectivity index (χ1n) is 10.2. The molecule has 3 aromatic rings. The number of halogens is 1. The summed E-state index contributed by atoms with van der Waals surface area (Å²) in [5.41, 5.74) is 5.28. The molecule has 29 heavy (non-hydrogen) atoms. The fourth-order valence-corrected chi connectivity index (χ4v) is 3.89. The minimum Gasteiger partial charge on any atom is -1.00 e. The van der Waals surface area contributed by atoms with Gasteiger partial charge in [0.15, 0.2) is 0 Å². The molecule has 4 rings (SSSR count). The number of ether oxygens (including phenoxy) is 1. The van der Waals surface area contributed by atoms with E-state index in [4.69, 9.17) is 4.74 Å². The van der Waals surface area contributed by atoms with Crippen molar-refractivity contribution in [3.05, 3.63) is 114 Å². The van der Waals surface area contributed by atoms with Crippen molar-refractivity contribution in [2.45, 2.75) is 12.5 Å². The van der Waals surface area contributed by atoms with E-state index < -0.39 is 0 Å². The van der Waals surface area contributed by atoms with Crippen molar-refractivity contribution in [2.75, 3.05) is 26.2 Å². The number of nitrogens with one attached hydrogen (secondary N) is 1. The van der Waals surface area contributed by atoms with Gasteiger partial charge in [-0.05, 0) is 28.3 Å². The lowest BCUT2D eigenvalue weighted by Crippen LogP contribution is -3.12. The van der Waals surface area contributed by atoms with Crippen LogP contribution < -0.4 is 17.3 Å². The molecule has 0 aliphatic carbocycles. The standard InChI is InChI=1S/C26H27NO.ClH/c1-4-10-22(11-5-1)23-16-18-27(19-17-23)20-21-28-26(24-12-6-2-7-13-24)25-14-8-3-9-15-25;/h1-16,26H,17-21H2;1H. The summed E-state index contributed by atoms with van der Waals surface area (Å²) in [6.07, 6.45) is 3.54. The van der Waals surface area contributed by atoms with Gasteiger partial charge in [0.2, 0.25) is 0 Å². The molecule has 3 heteroatoms. The summed E-state index contributed by atoms with van der Waals surface area (Å²) in [5.74, 6) is 0. The number of rotatable bonds is 7. The molecule has 1 N–H and O–H groups in total. The Morgan fingerprint density at radius 2 is 1.31 bits per heavy atom. The van der Waals surface area contributed by atoms with Crippen molar-refractivity contribution in [3.8, 4) is 0 Å². The second-order valence-electron chi connectivity index (χ2n) is 7.37. The van der Waals surface area contributed by atoms with Crippen LogP contribution in [0, 0.1) is 0 Å². The fourth-order valence-electron chi connectivity index (χ4n) is 3.89. The highest BCUT2D eigenvalue weighted by atomic mass is 35.5. The first-order valence-corrected chi connectivity index (χ1v) is 10.2. The molecule has 0 radical (unpaired) electrons. The van der Waals surface area contributed by atoms with E-state index in [2.05, 4.69) is 97.1 Å². The Morgan fingerprint density at radius 3 is 1.83 bits per heavy atom. The highest BCUT2D eigenvalue weighted by Gasteiger charge is 2.18. The molecule has 0 bridgehead atoms. The molecule has 3 aromatic carbocycles. The summed E-state index contributed by atoms with van der Waals surface area (Å²) in [5, 5.41) is 0. The van der Waals surface area contributed by atoms with Gasteiger partial charge in [-0.3, -0.25) is 0 Å². The van der Waals surface area contributed by atoms with Gasteiger partial charge in [0.05, 0.1) is 19.7 Å². The molecule has 1 aliphatic heterocycles. The Labute approximate surface area is 180 Å². The van der Waals surface area contributed by atoms with Crippen LogP contribution >= 0.6 is 0 Å². The molecular weight excluding hydrogens is 378 g/mol. The first-order chi connectivity index (χ1) is 13.9. The molecule has 0 saturated carbocycles. The minimum atomic E-state index is 0. The molecule has 1 aliphatic rings. The van der Waals surface area contributed by atoms with Crippen molar-refractivity contribution in [1.29, 1.82) is 0 Å². The predicted octanol–water partition coefficient (Wildman–Crippen LogP) is 1.17. The number of quaternary nitrogens is 1. The lowest BCUT2D eigenvalue weighted by Gasteiger charge is -2.25. The zero-order valence-electron chi connectivity index (χ0n) is 16.6. The average Bonchev–Trinajstić information content (AvgIpc) is 2.79. The van der Waals surface area contributed by atoms with Crippen molar-refractivity contribution in [2.24, 2.45) is 0 Å². The Bertz CT molecular complexity index is 841. The van der Waals surface area contributed by atoms with Crippen LogP contribution in [0.2, 0.25) is 0 Å². The summed E-state index contributed by atoms with van der Waals surface area (Å²) in [4.78, 5) is 1.60. The second kappa shape index (κ2) is 11.0. The Hall–Kier alpha value is -2.39. The lowest BCUT2D eigenvalue weighted by atomic mass is 10.00. The summed E-state index contributed by atoms with van der Waals surface area (Å²) < 4.78 is 6.39. The highest BCUT2D eigenvalue weighted by molar-refractivity contribution is 5.65. The van der Waals surface area contributed by atoms with Crippen molar-refractivity contribution >= 4 is 5.57 Å². The summed E-state index contributed by atoms with van der Waals surface area (Å²) in [7, 11) is 0. The van der Waals surface area contributed by atoms with Gasteiger partial charge >= 0.3 is 0 Å². The maximum Gasteiger partial charge on any atom is 0.108 e. The normalized spacial score (nSPS) is 16.2. The number of hydrogen-bond donors (Lipinski definition) is 1. The average molecular weight is 406 g/mol. The second-order valence-corrected chi connectivity index (χ2v) is 7.37. The van der Waals surface area contributed by atoms with Gasteiger partial charge in [-0.1, -0.05) is 91.0 Å². The van der Waals surface area contributed by atoms with E-state index in [-0.39, 0.29) is 18.5 Å². The van der Waals surface area contributed by atoms with Gasteiger partial charge in [0.25, 0.3) is 0 Å². The van der Waals surface area contributed by atoms with Gasteiger partial charge < -0.3 is 22.0 Å². The third-order valence-corrected chi connectivity index (χ3v) is 5.47. The zero-order valence-corrected chi connectivity index (χ0v) is 17.4. The van der Waals surface area contributed by atoms with Crippen molar-refractivity contribution < 1.29 is 22.0 Å². The van der Waals surface area contributed by atoms with Crippen molar-refractivity contribution in [1.82, 2.24) is 0 Å². The van der Waals surface area contributed by atoms with Crippen LogP contribution in [-0.4, -0.2) is 26.2 Å². The summed E-state index contributed by atoms with van der Waals surface area (Å²) in [6.45, 7) is 4.05. The first kappa shape index (κ1) is 21.3. The van der Waals surface area contributed by atoms with E-state index in [1.807, 2.05) is 0 Å². The maximum absolute atomic E-state index is 6.39. The lowest BCUT2D eigenvalue weighted by molar-refractivity contribution is -0.895. The van der Waals surface area contributed by atoms with Crippen LogP contribution in [0.4, 0.5) is 0 Å². The summed E-state index contributed by atoms with van der Waals surface area (Å²) >= 11 is 0. The van der Waals surface area contributed by atoms with Gasteiger partial charge in [-0.2, -0.15) is 0 Å². The van der Waals surface area contributed by atoms with Crippen LogP contribution in [0.15, 0.2) is 97.1 Å². The Balaban J connectivity index is 0.00000240. The quantitative estimate of drug-likeness (QED) is 0.623. The molecule has 150 valence electrons. The van der Waals surface area contributed by atoms with E-state index in [0.717, 1.165) is 26.1 Å². The minimum absolute atomic E-state index is 0. The van der Waals surface area contributed by atoms with E-state index in [1.165, 1.54) is 28.8 Å². The van der Waals surface area contributed by atoms with Gasteiger partial charge in [0, 0.05) is 6.42 Å². The van der Waals surface area contributed by atoms with Crippen LogP contribution in [0.3, 0.4) is 0 Å². The monoisotopic (exact) mass is 405 g/mol. The SMILES string of the molecule is C1=C(c2ccccc2)CC[NH+](CCOC(c2ccccc2)c2ccccc2)C1.[Cl-]. The van der Waals surface area contributed by atoms with Crippen LogP contribution in [0.5, 0.6) is 0 Å². The van der Waals surface area contributed by atoms with E-state index in [0.29, 0.717) is 0 Å². The largest absolute Gasteiger partial charge is 1.00 e.